The Balaban J connectivity index is 1.48. The maximum Gasteiger partial charge on any atom is 0.244 e. The molecule has 1 aliphatic carbocycles. The van der Waals surface area contributed by atoms with Gasteiger partial charge in [-0.3, -0.25) is 9.69 Å². The predicted molar refractivity (Wildman–Crippen MR) is 114 cm³/mol. The first-order valence-corrected chi connectivity index (χ1v) is 10.7. The van der Waals surface area contributed by atoms with Crippen LogP contribution in [0.3, 0.4) is 0 Å². The minimum Gasteiger partial charge on any atom is -0.493 e. The second-order valence-corrected chi connectivity index (χ2v) is 8.01. The number of carbonyl (C=O) groups excluding carboxylic acids is 1. The number of amides is 1. The normalized spacial score (nSPS) is 23.1. The predicted octanol–water partition coefficient (Wildman–Crippen LogP) is 3.11. The van der Waals surface area contributed by atoms with Crippen molar-refractivity contribution in [3.63, 3.8) is 0 Å². The van der Waals surface area contributed by atoms with Crippen LogP contribution < -0.4 is 14.8 Å². The van der Waals surface area contributed by atoms with E-state index < -0.39 is 0 Å². The van der Waals surface area contributed by atoms with E-state index in [9.17, 15) is 4.79 Å². The summed E-state index contributed by atoms with van der Waals surface area (Å²) >= 11 is 0. The molecule has 160 valence electrons. The first kappa shape index (κ1) is 21.7. The van der Waals surface area contributed by atoms with Crippen molar-refractivity contribution < 1.29 is 19.0 Å². The smallest absolute Gasteiger partial charge is 0.244 e. The number of rotatable bonds is 8. The zero-order valence-corrected chi connectivity index (χ0v) is 17.7. The van der Waals surface area contributed by atoms with Crippen LogP contribution in [0.5, 0.6) is 11.5 Å². The molecule has 0 unspecified atom stereocenters. The fraction of sp³-hybridized carbons (Fsp3) is 0.609. The largest absolute Gasteiger partial charge is 0.493 e. The lowest BCUT2D eigenvalue weighted by molar-refractivity contribution is -0.117. The van der Waals surface area contributed by atoms with E-state index in [1.54, 1.807) is 13.2 Å². The molecule has 6 heteroatoms. The summed E-state index contributed by atoms with van der Waals surface area (Å²) in [5.41, 5.74) is 0.912. The van der Waals surface area contributed by atoms with Crippen molar-refractivity contribution in [1.29, 1.82) is 0 Å². The van der Waals surface area contributed by atoms with Gasteiger partial charge in [-0.2, -0.15) is 0 Å². The zero-order valence-electron chi connectivity index (χ0n) is 17.7. The van der Waals surface area contributed by atoms with E-state index in [0.717, 1.165) is 62.9 Å². The van der Waals surface area contributed by atoms with Gasteiger partial charge in [-0.05, 0) is 55.4 Å². The van der Waals surface area contributed by atoms with Crippen molar-refractivity contribution in [3.8, 4) is 11.5 Å². The van der Waals surface area contributed by atoms with Gasteiger partial charge in [0.2, 0.25) is 5.91 Å². The lowest BCUT2D eigenvalue weighted by atomic mass is 9.87. The highest BCUT2D eigenvalue weighted by Crippen LogP contribution is 2.28. The number of benzene rings is 1. The first-order valence-electron chi connectivity index (χ1n) is 10.7. The molecule has 1 heterocycles. The molecular weight excluding hydrogens is 368 g/mol. The van der Waals surface area contributed by atoms with E-state index in [1.165, 1.54) is 12.8 Å². The maximum atomic E-state index is 12.2. The molecular formula is C23H34N2O4. The van der Waals surface area contributed by atoms with Crippen LogP contribution in [0, 0.1) is 5.92 Å². The number of nitrogens with zero attached hydrogens (tertiary/aromatic N) is 1. The van der Waals surface area contributed by atoms with E-state index >= 15 is 0 Å². The lowest BCUT2D eigenvalue weighted by Gasteiger charge is -2.26. The minimum absolute atomic E-state index is 0.0330. The lowest BCUT2D eigenvalue weighted by Crippen LogP contribution is -2.38. The molecule has 0 aromatic heterocycles. The molecule has 1 aromatic carbocycles. The molecule has 1 saturated heterocycles. The molecule has 2 fully saturated rings. The standard InChI is InChI=1S/C23H34N2O4/c1-18-3-7-20(8-4-18)24-23(26)10-6-19-5-9-21(22(17-19)27-2)29-16-13-25-11-14-28-15-12-25/h5-6,9-10,17-18,20H,3-4,7-8,11-16H2,1-2H3,(H,24,26)/b10-6+. The van der Waals surface area contributed by atoms with Gasteiger partial charge in [-0.15, -0.1) is 0 Å². The molecule has 1 N–H and O–H groups in total. The fourth-order valence-electron chi connectivity index (χ4n) is 3.84. The number of ether oxygens (including phenoxy) is 3. The van der Waals surface area contributed by atoms with Crippen LogP contribution in [0.4, 0.5) is 0 Å². The molecule has 1 amide bonds. The van der Waals surface area contributed by atoms with Crippen LogP contribution in [-0.4, -0.2) is 63.4 Å². The third-order valence-electron chi connectivity index (χ3n) is 5.75. The summed E-state index contributed by atoms with van der Waals surface area (Å²) in [6.45, 7) is 7.23. The third-order valence-corrected chi connectivity index (χ3v) is 5.75. The van der Waals surface area contributed by atoms with Gasteiger partial charge >= 0.3 is 0 Å². The molecule has 6 nitrogen and oxygen atoms in total. The molecule has 2 aliphatic rings. The minimum atomic E-state index is -0.0330. The Bertz CT molecular complexity index is 677. The van der Waals surface area contributed by atoms with Gasteiger partial charge < -0.3 is 19.5 Å². The monoisotopic (exact) mass is 402 g/mol. The Morgan fingerprint density at radius 2 is 1.97 bits per heavy atom. The van der Waals surface area contributed by atoms with E-state index in [1.807, 2.05) is 24.3 Å². The summed E-state index contributed by atoms with van der Waals surface area (Å²) in [4.78, 5) is 14.5. The van der Waals surface area contributed by atoms with Crippen LogP contribution >= 0.6 is 0 Å². The number of morpholine rings is 1. The number of hydrogen-bond donors (Lipinski definition) is 1. The highest BCUT2D eigenvalue weighted by molar-refractivity contribution is 5.92. The van der Waals surface area contributed by atoms with Gasteiger partial charge in [0.05, 0.1) is 20.3 Å². The average Bonchev–Trinajstić information content (AvgIpc) is 2.75. The molecule has 1 aliphatic heterocycles. The Morgan fingerprint density at radius 3 is 2.69 bits per heavy atom. The Morgan fingerprint density at radius 1 is 1.21 bits per heavy atom. The second-order valence-electron chi connectivity index (χ2n) is 8.01. The van der Waals surface area contributed by atoms with Crippen molar-refractivity contribution in [2.45, 2.75) is 38.6 Å². The number of methoxy groups -OCH3 is 1. The summed E-state index contributed by atoms with van der Waals surface area (Å²) in [6, 6.07) is 6.05. The van der Waals surface area contributed by atoms with Crippen molar-refractivity contribution in [2.75, 3.05) is 46.6 Å². The van der Waals surface area contributed by atoms with Crippen LogP contribution in [0.25, 0.3) is 6.08 Å². The summed E-state index contributed by atoms with van der Waals surface area (Å²) in [6.07, 6.45) is 7.96. The summed E-state index contributed by atoms with van der Waals surface area (Å²) in [7, 11) is 1.63. The second kappa shape index (κ2) is 11.2. The summed E-state index contributed by atoms with van der Waals surface area (Å²) in [5.74, 6) is 2.14. The van der Waals surface area contributed by atoms with Gasteiger partial charge in [0.1, 0.15) is 6.61 Å². The highest BCUT2D eigenvalue weighted by atomic mass is 16.5. The van der Waals surface area contributed by atoms with E-state index in [2.05, 4.69) is 17.1 Å². The van der Waals surface area contributed by atoms with Gasteiger partial charge in [0.25, 0.3) is 0 Å². The molecule has 3 rings (SSSR count). The van der Waals surface area contributed by atoms with Gasteiger partial charge in [-0.1, -0.05) is 13.0 Å². The number of nitrogens with one attached hydrogen (secondary N) is 1. The molecule has 0 atom stereocenters. The Hall–Kier alpha value is -2.05. The average molecular weight is 403 g/mol. The summed E-state index contributed by atoms with van der Waals surface area (Å²) < 4.78 is 16.7. The quantitative estimate of drug-likeness (QED) is 0.677. The first-order chi connectivity index (χ1) is 14.1. The molecule has 1 saturated carbocycles. The molecule has 0 radical (unpaired) electrons. The van der Waals surface area contributed by atoms with Gasteiger partial charge in [0, 0.05) is 31.8 Å². The van der Waals surface area contributed by atoms with Crippen LogP contribution in [0.1, 0.15) is 38.2 Å². The van der Waals surface area contributed by atoms with Gasteiger partial charge in [0.15, 0.2) is 11.5 Å². The number of carbonyl (C=O) groups is 1. The SMILES string of the molecule is COc1cc(/C=C/C(=O)NC2CCC(C)CC2)ccc1OCCN1CCOCC1. The van der Waals surface area contributed by atoms with Crippen LogP contribution in [-0.2, 0) is 9.53 Å². The fourth-order valence-corrected chi connectivity index (χ4v) is 3.84. The van der Waals surface area contributed by atoms with E-state index in [0.29, 0.717) is 18.4 Å². The topological polar surface area (TPSA) is 60.0 Å². The molecule has 1 aromatic rings. The Kier molecular flexibility index (Phi) is 8.38. The molecule has 0 spiro atoms. The van der Waals surface area contributed by atoms with E-state index in [4.69, 9.17) is 14.2 Å². The van der Waals surface area contributed by atoms with Crippen LogP contribution in [0.15, 0.2) is 24.3 Å². The summed E-state index contributed by atoms with van der Waals surface area (Å²) in [5, 5.41) is 3.11. The van der Waals surface area contributed by atoms with Gasteiger partial charge in [-0.25, -0.2) is 0 Å². The zero-order chi connectivity index (χ0) is 20.5. The molecule has 29 heavy (non-hydrogen) atoms. The van der Waals surface area contributed by atoms with Crippen molar-refractivity contribution in [2.24, 2.45) is 5.92 Å². The van der Waals surface area contributed by atoms with Crippen LogP contribution in [0.2, 0.25) is 0 Å². The highest BCUT2D eigenvalue weighted by Gasteiger charge is 2.18. The van der Waals surface area contributed by atoms with E-state index in [-0.39, 0.29) is 5.91 Å². The number of hydrogen-bond acceptors (Lipinski definition) is 5. The van der Waals surface area contributed by atoms with Crippen molar-refractivity contribution in [1.82, 2.24) is 10.2 Å². The Labute approximate surface area is 174 Å². The van der Waals surface area contributed by atoms with Crippen molar-refractivity contribution in [3.05, 3.63) is 29.8 Å². The third kappa shape index (κ3) is 7.05. The molecule has 0 bridgehead atoms. The maximum absolute atomic E-state index is 12.2. The van der Waals surface area contributed by atoms with Crippen molar-refractivity contribution >= 4 is 12.0 Å².